The number of methoxy groups -OCH3 is 1. The van der Waals surface area contributed by atoms with Gasteiger partial charge in [-0.15, -0.1) is 0 Å². The van der Waals surface area contributed by atoms with Crippen LogP contribution in [0, 0.1) is 17.6 Å². The van der Waals surface area contributed by atoms with Crippen LogP contribution in [-0.4, -0.2) is 48.8 Å². The van der Waals surface area contributed by atoms with Gasteiger partial charge in [0.2, 0.25) is 15.9 Å². The molecule has 1 aliphatic heterocycles. The number of para-hydroxylation sites is 1. The second kappa shape index (κ2) is 10.7. The molecule has 1 saturated heterocycles. The van der Waals surface area contributed by atoms with Gasteiger partial charge in [-0.25, -0.2) is 22.2 Å². The Kier molecular flexibility index (Phi) is 7.37. The van der Waals surface area contributed by atoms with Crippen LogP contribution in [0.5, 0.6) is 5.75 Å². The zero-order valence-electron chi connectivity index (χ0n) is 20.4. The summed E-state index contributed by atoms with van der Waals surface area (Å²) in [5.74, 6) is -1.96. The molecular formula is C26H24F2N4O4S2. The van der Waals surface area contributed by atoms with Crippen LogP contribution < -0.4 is 9.64 Å². The van der Waals surface area contributed by atoms with E-state index in [-0.39, 0.29) is 38.4 Å². The minimum atomic E-state index is -4.25. The molecule has 1 amide bonds. The number of amides is 1. The molecule has 4 aromatic rings. The van der Waals surface area contributed by atoms with Crippen molar-refractivity contribution in [2.75, 3.05) is 25.1 Å². The molecule has 3 heterocycles. The Morgan fingerprint density at radius 3 is 2.63 bits per heavy atom. The summed E-state index contributed by atoms with van der Waals surface area (Å²) in [7, 11) is -2.69. The number of hydrogen-bond acceptors (Lipinski definition) is 7. The summed E-state index contributed by atoms with van der Waals surface area (Å²) in [4.78, 5) is 23.7. The minimum Gasteiger partial charge on any atom is -0.494 e. The van der Waals surface area contributed by atoms with Crippen LogP contribution in [0.2, 0.25) is 0 Å². The first-order valence-corrected chi connectivity index (χ1v) is 14.1. The van der Waals surface area contributed by atoms with Gasteiger partial charge in [-0.2, -0.15) is 4.31 Å². The number of ether oxygens (including phenoxy) is 1. The Bertz CT molecular complexity index is 1570. The van der Waals surface area contributed by atoms with Gasteiger partial charge >= 0.3 is 0 Å². The van der Waals surface area contributed by atoms with E-state index in [2.05, 4.69) is 4.98 Å². The number of fused-ring (bicyclic) bond motifs is 1. The Labute approximate surface area is 222 Å². The zero-order valence-corrected chi connectivity index (χ0v) is 22.0. The number of sulfonamides is 1. The molecule has 0 bridgehead atoms. The van der Waals surface area contributed by atoms with Gasteiger partial charge in [-0.3, -0.25) is 14.7 Å². The lowest BCUT2D eigenvalue weighted by Gasteiger charge is -2.33. The molecule has 2 aromatic carbocycles. The van der Waals surface area contributed by atoms with E-state index in [0.29, 0.717) is 28.2 Å². The highest BCUT2D eigenvalue weighted by Gasteiger charge is 2.36. The van der Waals surface area contributed by atoms with Crippen molar-refractivity contribution in [2.45, 2.75) is 24.3 Å². The van der Waals surface area contributed by atoms with Crippen LogP contribution in [0.4, 0.5) is 13.9 Å². The van der Waals surface area contributed by atoms with Gasteiger partial charge in [0.05, 0.1) is 24.0 Å². The van der Waals surface area contributed by atoms with Gasteiger partial charge in [0.25, 0.3) is 0 Å². The maximum Gasteiger partial charge on any atom is 0.246 e. The Morgan fingerprint density at radius 1 is 1.13 bits per heavy atom. The summed E-state index contributed by atoms with van der Waals surface area (Å²) >= 11 is 1.35. The predicted octanol–water partition coefficient (Wildman–Crippen LogP) is 4.61. The van der Waals surface area contributed by atoms with Crippen LogP contribution in [0.3, 0.4) is 0 Å². The van der Waals surface area contributed by atoms with E-state index in [0.717, 1.165) is 21.1 Å². The second-order valence-electron chi connectivity index (χ2n) is 8.80. The number of aromatic nitrogens is 2. The summed E-state index contributed by atoms with van der Waals surface area (Å²) in [5.41, 5.74) is 1.32. The third kappa shape index (κ3) is 5.11. The summed E-state index contributed by atoms with van der Waals surface area (Å²) in [6, 6.07) is 13.3. The van der Waals surface area contributed by atoms with Gasteiger partial charge in [0.15, 0.2) is 5.13 Å². The highest BCUT2D eigenvalue weighted by atomic mass is 32.2. The first-order valence-electron chi connectivity index (χ1n) is 11.9. The van der Waals surface area contributed by atoms with Crippen LogP contribution in [-0.2, 0) is 21.4 Å². The number of anilines is 1. The number of piperidine rings is 1. The van der Waals surface area contributed by atoms with Crippen LogP contribution in [0.25, 0.3) is 10.2 Å². The monoisotopic (exact) mass is 558 g/mol. The van der Waals surface area contributed by atoms with E-state index in [4.69, 9.17) is 9.72 Å². The Hall–Kier alpha value is -3.48. The molecule has 8 nitrogen and oxygen atoms in total. The summed E-state index contributed by atoms with van der Waals surface area (Å²) < 4.78 is 61.2. The van der Waals surface area contributed by atoms with Crippen molar-refractivity contribution < 1.29 is 26.7 Å². The van der Waals surface area contributed by atoms with E-state index < -0.39 is 32.5 Å². The largest absolute Gasteiger partial charge is 0.494 e. The van der Waals surface area contributed by atoms with Crippen molar-refractivity contribution in [3.63, 3.8) is 0 Å². The molecule has 38 heavy (non-hydrogen) atoms. The lowest BCUT2D eigenvalue weighted by atomic mass is 9.96. The van der Waals surface area contributed by atoms with Gasteiger partial charge in [-0.1, -0.05) is 23.5 Å². The van der Waals surface area contributed by atoms with Crippen molar-refractivity contribution >= 4 is 42.6 Å². The Morgan fingerprint density at radius 2 is 1.92 bits per heavy atom. The highest BCUT2D eigenvalue weighted by molar-refractivity contribution is 7.89. The molecule has 2 aromatic heterocycles. The van der Waals surface area contributed by atoms with E-state index in [1.54, 1.807) is 30.3 Å². The SMILES string of the molecule is COc1cccc2sc(N(Cc3ccccn3)C(=O)C3CCN(S(=O)(=O)c4cc(F)ccc4F)CC3)nc12. The molecule has 12 heteroatoms. The van der Waals surface area contributed by atoms with Crippen LogP contribution in [0.15, 0.2) is 65.7 Å². The van der Waals surface area contributed by atoms with Gasteiger partial charge in [-0.05, 0) is 55.3 Å². The fraction of sp³-hybridized carbons (Fsp3) is 0.269. The van der Waals surface area contributed by atoms with Gasteiger partial charge in [0.1, 0.15) is 27.8 Å². The molecule has 1 aliphatic rings. The smallest absolute Gasteiger partial charge is 0.246 e. The molecule has 0 atom stereocenters. The molecule has 1 fully saturated rings. The highest BCUT2D eigenvalue weighted by Crippen LogP contribution is 2.36. The van der Waals surface area contributed by atoms with Gasteiger partial charge in [0, 0.05) is 25.2 Å². The molecule has 0 aliphatic carbocycles. The number of hydrogen-bond donors (Lipinski definition) is 0. The van der Waals surface area contributed by atoms with Crippen molar-refractivity contribution in [1.29, 1.82) is 0 Å². The van der Waals surface area contributed by atoms with Crippen molar-refractivity contribution in [1.82, 2.24) is 14.3 Å². The average Bonchev–Trinajstić information content (AvgIpc) is 3.37. The average molecular weight is 559 g/mol. The molecule has 0 radical (unpaired) electrons. The number of rotatable bonds is 7. The quantitative estimate of drug-likeness (QED) is 0.329. The summed E-state index contributed by atoms with van der Waals surface area (Å²) in [5, 5.41) is 0.483. The molecule has 0 N–H and O–H groups in total. The van der Waals surface area contributed by atoms with Crippen LogP contribution in [0.1, 0.15) is 18.5 Å². The van der Waals surface area contributed by atoms with E-state index in [1.165, 1.54) is 11.3 Å². The Balaban J connectivity index is 1.39. The van der Waals surface area contributed by atoms with E-state index >= 15 is 0 Å². The first kappa shape index (κ1) is 26.1. The first-order chi connectivity index (χ1) is 18.3. The molecule has 5 rings (SSSR count). The summed E-state index contributed by atoms with van der Waals surface area (Å²) in [6.07, 6.45) is 2.10. The predicted molar refractivity (Wildman–Crippen MR) is 139 cm³/mol. The number of benzene rings is 2. The molecule has 198 valence electrons. The lowest BCUT2D eigenvalue weighted by molar-refractivity contribution is -0.123. The number of carbonyl (C=O) groups excluding carboxylic acids is 1. The van der Waals surface area contributed by atoms with Crippen LogP contribution >= 0.6 is 11.3 Å². The second-order valence-corrected chi connectivity index (χ2v) is 11.7. The lowest BCUT2D eigenvalue weighted by Crippen LogP contribution is -2.44. The van der Waals surface area contributed by atoms with Crippen molar-refractivity contribution in [3.05, 3.63) is 78.1 Å². The van der Waals surface area contributed by atoms with Gasteiger partial charge < -0.3 is 4.74 Å². The number of pyridine rings is 1. The number of halogens is 2. The fourth-order valence-electron chi connectivity index (χ4n) is 4.46. The molecule has 0 unspecified atom stereocenters. The zero-order chi connectivity index (χ0) is 26.9. The van der Waals surface area contributed by atoms with E-state index in [9.17, 15) is 22.0 Å². The number of carbonyl (C=O) groups is 1. The maximum absolute atomic E-state index is 14.2. The normalized spacial score (nSPS) is 15.0. The number of nitrogens with zero attached hydrogens (tertiary/aromatic N) is 4. The molecular weight excluding hydrogens is 534 g/mol. The fourth-order valence-corrected chi connectivity index (χ4v) is 7.00. The molecule has 0 spiro atoms. The van der Waals surface area contributed by atoms with Crippen molar-refractivity contribution in [3.8, 4) is 5.75 Å². The number of thiazole rings is 1. The maximum atomic E-state index is 14.2. The third-order valence-electron chi connectivity index (χ3n) is 6.45. The topological polar surface area (TPSA) is 92.7 Å². The molecule has 0 saturated carbocycles. The summed E-state index contributed by atoms with van der Waals surface area (Å²) in [6.45, 7) is 0.189. The van der Waals surface area contributed by atoms with E-state index in [1.807, 2.05) is 24.3 Å². The minimum absolute atomic E-state index is 0.000211. The standard InChI is InChI=1S/C26H24F2N4O4S2/c1-36-21-6-4-7-22-24(21)30-26(37-22)32(16-19-5-2-3-12-29-19)25(33)17-10-13-31(14-11-17)38(34,35)23-15-18(27)8-9-20(23)28/h2-9,12,15,17H,10-11,13-14,16H2,1H3. The van der Waals surface area contributed by atoms with Crippen molar-refractivity contribution in [2.24, 2.45) is 5.92 Å². The third-order valence-corrected chi connectivity index (χ3v) is 9.41.